The molecule has 0 saturated carbocycles. The number of aryl methyl sites for hydroxylation is 1. The van der Waals surface area contributed by atoms with E-state index in [-0.39, 0.29) is 11.3 Å². The van der Waals surface area contributed by atoms with Gasteiger partial charge in [-0.15, -0.1) is 5.10 Å². The molecule has 4 N–H and O–H groups in total. The third kappa shape index (κ3) is 3.24. The number of fused-ring (bicyclic) bond motifs is 1. The van der Waals surface area contributed by atoms with Gasteiger partial charge in [-0.05, 0) is 43.5 Å². The first-order valence-electron chi connectivity index (χ1n) is 9.25. The Labute approximate surface area is 165 Å². The van der Waals surface area contributed by atoms with Gasteiger partial charge in [0, 0.05) is 30.4 Å². The Morgan fingerprint density at radius 1 is 1.31 bits per heavy atom. The van der Waals surface area contributed by atoms with E-state index in [4.69, 9.17) is 5.73 Å². The van der Waals surface area contributed by atoms with Crippen LogP contribution in [0.2, 0.25) is 0 Å². The number of nitrogens with one attached hydrogen (secondary N) is 1. The summed E-state index contributed by atoms with van der Waals surface area (Å²) in [6, 6.07) is 6.96. The van der Waals surface area contributed by atoms with E-state index in [1.54, 1.807) is 25.1 Å². The molecule has 0 radical (unpaired) electrons. The summed E-state index contributed by atoms with van der Waals surface area (Å²) in [5, 5.41) is 17.1. The monoisotopic (exact) mass is 397 g/mol. The maximum atomic E-state index is 14.8. The van der Waals surface area contributed by atoms with E-state index in [0.717, 1.165) is 29.7 Å². The second-order valence-corrected chi connectivity index (χ2v) is 7.01. The maximum Gasteiger partial charge on any atom is 0.350 e. The Hall–Kier alpha value is -3.62. The van der Waals surface area contributed by atoms with Gasteiger partial charge in [0.2, 0.25) is 0 Å². The van der Waals surface area contributed by atoms with Crippen LogP contribution >= 0.6 is 0 Å². The maximum absolute atomic E-state index is 14.8. The molecule has 150 valence electrons. The van der Waals surface area contributed by atoms with Crippen molar-refractivity contribution < 1.29 is 14.3 Å². The minimum absolute atomic E-state index is 0.203. The Bertz CT molecular complexity index is 1180. The first-order valence-corrected chi connectivity index (χ1v) is 9.25. The molecule has 0 saturated heterocycles. The smallest absolute Gasteiger partial charge is 0.350 e. The predicted octanol–water partition coefficient (Wildman–Crippen LogP) is 2.36. The lowest BCUT2D eigenvalue weighted by Gasteiger charge is -2.12. The summed E-state index contributed by atoms with van der Waals surface area (Å²) < 4.78 is 17.2. The van der Waals surface area contributed by atoms with Crippen molar-refractivity contribution in [1.29, 1.82) is 0 Å². The van der Waals surface area contributed by atoms with Gasteiger partial charge in [-0.1, -0.05) is 6.07 Å². The number of aromatic nitrogens is 3. The quantitative estimate of drug-likeness (QED) is 0.587. The van der Waals surface area contributed by atoms with Crippen LogP contribution in [-0.4, -0.2) is 25.4 Å². The normalized spacial score (nSPS) is 13.2. The molecule has 0 aliphatic carbocycles. The van der Waals surface area contributed by atoms with Crippen molar-refractivity contribution in [3.8, 4) is 11.4 Å². The van der Waals surface area contributed by atoms with Crippen LogP contribution in [0, 0.1) is 12.7 Å². The number of hydrogen-bond donors (Lipinski definition) is 3. The Morgan fingerprint density at radius 3 is 2.86 bits per heavy atom. The fourth-order valence-electron chi connectivity index (χ4n) is 3.43. The average Bonchev–Trinajstić information content (AvgIpc) is 3.03. The number of hydrogen-bond acceptors (Lipinski definition) is 5. The fraction of sp³-hybridized carbons (Fsp3) is 0.250. The summed E-state index contributed by atoms with van der Waals surface area (Å²) in [4.78, 5) is 25.1. The third-order valence-corrected chi connectivity index (χ3v) is 5.13. The molecule has 8 nitrogen and oxygen atoms in total. The summed E-state index contributed by atoms with van der Waals surface area (Å²) in [7, 11) is 0. The number of nitrogens with two attached hydrogens (primary N) is 1. The predicted molar refractivity (Wildman–Crippen MR) is 106 cm³/mol. The molecule has 0 atom stereocenters. The Kier molecular flexibility index (Phi) is 4.57. The number of carbonyl (C=O) groups excluding carboxylic acids is 1. The topological polar surface area (TPSA) is 115 Å². The van der Waals surface area contributed by atoms with Crippen molar-refractivity contribution >= 4 is 17.3 Å². The lowest BCUT2D eigenvalue weighted by molar-refractivity contribution is 0.102. The molecular formula is C20H20FN5O3. The Morgan fingerprint density at radius 2 is 2.10 bits per heavy atom. The zero-order valence-corrected chi connectivity index (χ0v) is 15.8. The van der Waals surface area contributed by atoms with Crippen molar-refractivity contribution in [2.45, 2.75) is 32.7 Å². The van der Waals surface area contributed by atoms with E-state index in [2.05, 4.69) is 10.4 Å². The molecule has 0 bridgehead atoms. The minimum atomic E-state index is -0.838. The van der Waals surface area contributed by atoms with Crippen LogP contribution in [0.3, 0.4) is 0 Å². The summed E-state index contributed by atoms with van der Waals surface area (Å²) in [5.41, 5.74) is 6.51. The summed E-state index contributed by atoms with van der Waals surface area (Å²) in [6.45, 7) is 2.27. The van der Waals surface area contributed by atoms with Gasteiger partial charge < -0.3 is 16.2 Å². The number of nitrogen functional groups attached to an aromatic ring is 1. The highest BCUT2D eigenvalue weighted by Gasteiger charge is 2.22. The average molecular weight is 397 g/mol. The number of nitrogens with zero attached hydrogens (tertiary/aromatic N) is 3. The van der Waals surface area contributed by atoms with E-state index in [9.17, 15) is 19.1 Å². The van der Waals surface area contributed by atoms with E-state index in [1.165, 1.54) is 4.57 Å². The largest absolute Gasteiger partial charge is 0.507 e. The second kappa shape index (κ2) is 7.08. The van der Waals surface area contributed by atoms with Crippen molar-refractivity contribution in [2.24, 2.45) is 0 Å². The highest BCUT2D eigenvalue weighted by atomic mass is 19.1. The lowest BCUT2D eigenvalue weighted by Crippen LogP contribution is -2.26. The summed E-state index contributed by atoms with van der Waals surface area (Å²) >= 11 is 0. The second-order valence-electron chi connectivity index (χ2n) is 7.01. The molecular weight excluding hydrogens is 377 g/mol. The zero-order chi connectivity index (χ0) is 20.7. The van der Waals surface area contributed by atoms with E-state index in [0.29, 0.717) is 35.7 Å². The van der Waals surface area contributed by atoms with Crippen molar-refractivity contribution in [2.75, 3.05) is 11.1 Å². The molecule has 4 rings (SSSR count). The molecule has 1 aliphatic rings. The van der Waals surface area contributed by atoms with Crippen LogP contribution in [0.25, 0.3) is 5.69 Å². The molecule has 0 spiro atoms. The highest BCUT2D eigenvalue weighted by molar-refractivity contribution is 6.06. The summed E-state index contributed by atoms with van der Waals surface area (Å²) in [5.74, 6) is -1.41. The minimum Gasteiger partial charge on any atom is -0.507 e. The molecule has 1 aliphatic heterocycles. The van der Waals surface area contributed by atoms with Crippen LogP contribution in [-0.2, 0) is 13.0 Å². The van der Waals surface area contributed by atoms with Crippen LogP contribution in [0.15, 0.2) is 35.1 Å². The first-order chi connectivity index (χ1) is 13.9. The number of benzene rings is 2. The van der Waals surface area contributed by atoms with Gasteiger partial charge in [-0.3, -0.25) is 9.36 Å². The number of aromatic hydroxyl groups is 1. The standard InChI is InChI=1S/C20H20FN5O3/c1-11-14(22)5-4-6-15(11)23-19(28)12-9-13(21)16(10-17(12)27)26-20(29)25-8-3-2-7-18(25)24-26/h4-6,9-10,27H,2-3,7-8,22H2,1H3,(H,23,28). The molecule has 0 fully saturated rings. The lowest BCUT2D eigenvalue weighted by atomic mass is 10.1. The Balaban J connectivity index is 1.69. The summed E-state index contributed by atoms with van der Waals surface area (Å²) in [6.07, 6.45) is 2.40. The molecule has 3 aromatic rings. The molecule has 1 amide bonds. The SMILES string of the molecule is Cc1c(N)cccc1NC(=O)c1cc(F)c(-n2nc3n(c2=O)CCCC3)cc1O. The number of amides is 1. The van der Waals surface area contributed by atoms with Gasteiger partial charge in [-0.25, -0.2) is 9.18 Å². The van der Waals surface area contributed by atoms with Gasteiger partial charge in [0.15, 0.2) is 0 Å². The first kappa shape index (κ1) is 18.7. The number of phenolic OH excluding ortho intramolecular Hbond substituents is 1. The van der Waals surface area contributed by atoms with Gasteiger partial charge >= 0.3 is 5.69 Å². The van der Waals surface area contributed by atoms with Crippen LogP contribution in [0.5, 0.6) is 5.75 Å². The number of anilines is 2. The molecule has 2 heterocycles. The highest BCUT2D eigenvalue weighted by Crippen LogP contribution is 2.27. The van der Waals surface area contributed by atoms with Crippen molar-refractivity contribution in [1.82, 2.24) is 14.3 Å². The van der Waals surface area contributed by atoms with Crippen LogP contribution in [0.4, 0.5) is 15.8 Å². The number of rotatable bonds is 3. The molecule has 29 heavy (non-hydrogen) atoms. The number of phenols is 1. The number of carbonyl (C=O) groups is 1. The molecule has 1 aromatic heterocycles. The number of halogens is 1. The van der Waals surface area contributed by atoms with Crippen molar-refractivity contribution in [3.63, 3.8) is 0 Å². The van der Waals surface area contributed by atoms with E-state index in [1.807, 2.05) is 0 Å². The zero-order valence-electron chi connectivity index (χ0n) is 15.8. The van der Waals surface area contributed by atoms with Crippen LogP contribution in [0.1, 0.15) is 34.6 Å². The van der Waals surface area contributed by atoms with Gasteiger partial charge in [-0.2, -0.15) is 4.68 Å². The van der Waals surface area contributed by atoms with Gasteiger partial charge in [0.1, 0.15) is 23.1 Å². The third-order valence-electron chi connectivity index (χ3n) is 5.13. The van der Waals surface area contributed by atoms with Gasteiger partial charge in [0.25, 0.3) is 5.91 Å². The van der Waals surface area contributed by atoms with E-state index < -0.39 is 23.2 Å². The molecule has 0 unspecified atom stereocenters. The van der Waals surface area contributed by atoms with Gasteiger partial charge in [0.05, 0.1) is 5.56 Å². The molecule has 2 aromatic carbocycles. The van der Waals surface area contributed by atoms with E-state index >= 15 is 0 Å². The van der Waals surface area contributed by atoms with Crippen LogP contribution < -0.4 is 16.7 Å². The molecule has 9 heteroatoms. The fourth-order valence-corrected chi connectivity index (χ4v) is 3.43. The van der Waals surface area contributed by atoms with Crippen molar-refractivity contribution in [3.05, 3.63) is 63.6 Å².